The minimum absolute atomic E-state index is 0.154. The highest BCUT2D eigenvalue weighted by Gasteiger charge is 2.30. The molecule has 1 atom stereocenters. The van der Waals surface area contributed by atoms with Crippen molar-refractivity contribution in [3.63, 3.8) is 0 Å². The molecule has 1 aromatic carbocycles. The van der Waals surface area contributed by atoms with Gasteiger partial charge in [-0.25, -0.2) is 0 Å². The molecule has 0 saturated carbocycles. The van der Waals surface area contributed by atoms with E-state index in [1.165, 1.54) is 15.5 Å². The van der Waals surface area contributed by atoms with Gasteiger partial charge in [0.25, 0.3) is 11.5 Å². The lowest BCUT2D eigenvalue weighted by atomic mass is 10.1. The van der Waals surface area contributed by atoms with Crippen LogP contribution in [-0.2, 0) is 9.59 Å². The maximum Gasteiger partial charge on any atom is 0.269 e. The van der Waals surface area contributed by atoms with Crippen LogP contribution in [0.15, 0.2) is 23.0 Å². The van der Waals surface area contributed by atoms with Crippen molar-refractivity contribution < 1.29 is 9.59 Å². The van der Waals surface area contributed by atoms with Crippen LogP contribution < -0.4 is 10.9 Å². The summed E-state index contributed by atoms with van der Waals surface area (Å²) >= 11 is 1.29. The van der Waals surface area contributed by atoms with Gasteiger partial charge in [0, 0.05) is 6.42 Å². The Morgan fingerprint density at radius 3 is 2.79 bits per heavy atom. The zero-order valence-electron chi connectivity index (χ0n) is 10.3. The Hall–Kier alpha value is -1.95. The van der Waals surface area contributed by atoms with Gasteiger partial charge in [0.05, 0.1) is 10.1 Å². The van der Waals surface area contributed by atoms with E-state index in [1.54, 1.807) is 6.07 Å². The Morgan fingerprint density at radius 1 is 1.32 bits per heavy atom. The summed E-state index contributed by atoms with van der Waals surface area (Å²) in [5, 5.41) is 2.92. The summed E-state index contributed by atoms with van der Waals surface area (Å²) < 4.78 is 2.39. The van der Waals surface area contributed by atoms with Gasteiger partial charge in [-0.15, -0.1) is 0 Å². The van der Waals surface area contributed by atoms with E-state index >= 15 is 0 Å². The van der Waals surface area contributed by atoms with Gasteiger partial charge >= 0.3 is 0 Å². The number of hydrogen-bond donors (Lipinski definition) is 1. The van der Waals surface area contributed by atoms with Crippen LogP contribution in [0.1, 0.15) is 24.4 Å². The smallest absolute Gasteiger partial charge is 0.269 e. The number of aromatic nitrogens is 1. The van der Waals surface area contributed by atoms with Crippen LogP contribution in [0.5, 0.6) is 0 Å². The highest BCUT2D eigenvalue weighted by Crippen LogP contribution is 2.26. The number of carbonyl (C=O) groups is 2. The molecular weight excluding hydrogens is 264 g/mol. The first-order valence-corrected chi connectivity index (χ1v) is 6.80. The van der Waals surface area contributed by atoms with Crippen molar-refractivity contribution in [2.45, 2.75) is 25.8 Å². The van der Waals surface area contributed by atoms with Crippen molar-refractivity contribution >= 4 is 33.4 Å². The second-order valence-corrected chi connectivity index (χ2v) is 5.62. The van der Waals surface area contributed by atoms with Gasteiger partial charge in [0.2, 0.25) is 5.91 Å². The van der Waals surface area contributed by atoms with Crippen molar-refractivity contribution in [1.29, 1.82) is 0 Å². The lowest BCUT2D eigenvalue weighted by molar-refractivity contribution is -0.135. The van der Waals surface area contributed by atoms with E-state index in [2.05, 4.69) is 5.32 Å². The fourth-order valence-corrected chi connectivity index (χ4v) is 3.48. The Morgan fingerprint density at radius 2 is 2.11 bits per heavy atom. The second-order valence-electron chi connectivity index (χ2n) is 4.64. The fourth-order valence-electron chi connectivity index (χ4n) is 2.31. The molecule has 0 radical (unpaired) electrons. The van der Waals surface area contributed by atoms with Crippen molar-refractivity contribution in [3.05, 3.63) is 34.1 Å². The summed E-state index contributed by atoms with van der Waals surface area (Å²) in [4.78, 5) is 35.3. The van der Waals surface area contributed by atoms with E-state index in [1.807, 2.05) is 19.1 Å². The molecule has 1 aliphatic heterocycles. The average molecular weight is 276 g/mol. The van der Waals surface area contributed by atoms with Gasteiger partial charge in [0.15, 0.2) is 0 Å². The Kier molecular flexibility index (Phi) is 2.74. The van der Waals surface area contributed by atoms with E-state index in [-0.39, 0.29) is 23.8 Å². The highest BCUT2D eigenvalue weighted by atomic mass is 32.1. The van der Waals surface area contributed by atoms with Crippen LogP contribution in [0.25, 0.3) is 10.1 Å². The minimum atomic E-state index is -0.568. The maximum absolute atomic E-state index is 12.3. The predicted molar refractivity (Wildman–Crippen MR) is 72.2 cm³/mol. The lowest BCUT2D eigenvalue weighted by Gasteiger charge is -2.20. The second kappa shape index (κ2) is 4.31. The number of imide groups is 1. The zero-order chi connectivity index (χ0) is 13.6. The molecule has 3 rings (SSSR count). The molecule has 2 heterocycles. The van der Waals surface area contributed by atoms with Gasteiger partial charge in [0.1, 0.15) is 6.04 Å². The largest absolute Gasteiger partial charge is 0.295 e. The third kappa shape index (κ3) is 1.88. The predicted octanol–water partition coefficient (Wildman–Crippen LogP) is 1.35. The number of carbonyl (C=O) groups excluding carboxylic acids is 2. The maximum atomic E-state index is 12.3. The molecule has 0 spiro atoms. The van der Waals surface area contributed by atoms with E-state index in [0.29, 0.717) is 11.8 Å². The van der Waals surface area contributed by atoms with Gasteiger partial charge in [-0.05, 0) is 25.0 Å². The van der Waals surface area contributed by atoms with E-state index < -0.39 is 6.04 Å². The van der Waals surface area contributed by atoms with Gasteiger partial charge < -0.3 is 0 Å². The number of nitrogens with one attached hydrogen (secondary N) is 1. The molecule has 1 N–H and O–H groups in total. The number of benzene rings is 1. The molecule has 98 valence electrons. The Bertz CT molecular complexity index is 744. The fraction of sp³-hybridized carbons (Fsp3) is 0.308. The summed E-state index contributed by atoms with van der Waals surface area (Å²) in [6.07, 6.45) is 0.659. The molecule has 19 heavy (non-hydrogen) atoms. The topological polar surface area (TPSA) is 68.2 Å². The Labute approximate surface area is 113 Å². The molecule has 0 bridgehead atoms. The number of amides is 2. The van der Waals surface area contributed by atoms with E-state index in [4.69, 9.17) is 0 Å². The van der Waals surface area contributed by atoms with E-state index in [0.717, 1.165) is 10.3 Å². The standard InChI is InChI=1S/C13H12N2O3S/c1-7-3-2-4-8-11(7)19-15(13(8)18)9-5-6-10(16)14-12(9)17/h2-4,9H,5-6H2,1H3,(H,14,16,17). The molecule has 0 aliphatic carbocycles. The molecule has 2 amide bonds. The van der Waals surface area contributed by atoms with E-state index in [9.17, 15) is 14.4 Å². The number of rotatable bonds is 1. The normalized spacial score (nSPS) is 19.7. The van der Waals surface area contributed by atoms with Crippen LogP contribution in [0, 0.1) is 6.92 Å². The van der Waals surface area contributed by atoms with Crippen molar-refractivity contribution in [2.24, 2.45) is 0 Å². The first kappa shape index (κ1) is 12.1. The van der Waals surface area contributed by atoms with Crippen LogP contribution in [-0.4, -0.2) is 15.8 Å². The summed E-state index contributed by atoms with van der Waals surface area (Å²) in [6.45, 7) is 1.94. The third-order valence-electron chi connectivity index (χ3n) is 3.33. The van der Waals surface area contributed by atoms with Crippen LogP contribution in [0.4, 0.5) is 0 Å². The molecule has 1 unspecified atom stereocenters. The third-order valence-corrected chi connectivity index (χ3v) is 4.67. The van der Waals surface area contributed by atoms with Crippen LogP contribution in [0.3, 0.4) is 0 Å². The molecule has 1 saturated heterocycles. The molecule has 2 aromatic rings. The van der Waals surface area contributed by atoms with Crippen LogP contribution in [0.2, 0.25) is 0 Å². The van der Waals surface area contributed by atoms with Gasteiger partial charge in [-0.1, -0.05) is 23.7 Å². The van der Waals surface area contributed by atoms with Gasteiger partial charge in [-0.2, -0.15) is 0 Å². The lowest BCUT2D eigenvalue weighted by Crippen LogP contribution is -2.43. The number of hydrogen-bond acceptors (Lipinski definition) is 4. The summed E-state index contributed by atoms with van der Waals surface area (Å²) in [5.74, 6) is -0.658. The minimum Gasteiger partial charge on any atom is -0.295 e. The first-order chi connectivity index (χ1) is 9.08. The first-order valence-electron chi connectivity index (χ1n) is 6.03. The highest BCUT2D eigenvalue weighted by molar-refractivity contribution is 7.14. The summed E-state index contributed by atoms with van der Waals surface area (Å²) in [5.41, 5.74) is 0.865. The number of fused-ring (bicyclic) bond motifs is 1. The number of piperidine rings is 1. The molecular formula is C13H12N2O3S. The summed E-state index contributed by atoms with van der Waals surface area (Å²) in [6, 6.07) is 4.97. The number of aryl methyl sites for hydroxylation is 1. The molecule has 1 aliphatic rings. The monoisotopic (exact) mass is 276 g/mol. The molecule has 5 nitrogen and oxygen atoms in total. The summed E-state index contributed by atoms with van der Waals surface area (Å²) in [7, 11) is 0. The zero-order valence-corrected chi connectivity index (χ0v) is 11.1. The average Bonchev–Trinajstić information content (AvgIpc) is 2.69. The number of nitrogens with zero attached hydrogens (tertiary/aromatic N) is 1. The van der Waals surface area contributed by atoms with Crippen molar-refractivity contribution in [3.8, 4) is 0 Å². The van der Waals surface area contributed by atoms with Crippen molar-refractivity contribution in [2.75, 3.05) is 0 Å². The Balaban J connectivity index is 2.13. The molecule has 6 heteroatoms. The van der Waals surface area contributed by atoms with Gasteiger partial charge in [-0.3, -0.25) is 23.7 Å². The van der Waals surface area contributed by atoms with Crippen LogP contribution >= 0.6 is 11.5 Å². The molecule has 1 aromatic heterocycles. The van der Waals surface area contributed by atoms with Crippen molar-refractivity contribution in [1.82, 2.24) is 9.27 Å². The SMILES string of the molecule is Cc1cccc2c(=O)n(C3CCC(=O)NC3=O)sc12. The quantitative estimate of drug-likeness (QED) is 0.799. The molecule has 1 fully saturated rings.